The Labute approximate surface area is 162 Å². The smallest absolute Gasteiger partial charge is 0.319 e. The Hall–Kier alpha value is -2.45. The molecule has 0 spiro atoms. The first-order valence-corrected chi connectivity index (χ1v) is 8.79. The number of halogens is 2. The van der Waals surface area contributed by atoms with Gasteiger partial charge in [0.25, 0.3) is 5.91 Å². The van der Waals surface area contributed by atoms with E-state index in [0.717, 1.165) is 4.90 Å². The molecule has 2 heterocycles. The zero-order valence-corrected chi connectivity index (χ0v) is 16.0. The zero-order valence-electron chi connectivity index (χ0n) is 13.6. The first-order valence-electron chi connectivity index (χ1n) is 7.62. The van der Waals surface area contributed by atoms with Crippen molar-refractivity contribution in [1.82, 2.24) is 15.2 Å². The van der Waals surface area contributed by atoms with Gasteiger partial charge in [0.05, 0.1) is 5.02 Å². The minimum atomic E-state index is -1.25. The van der Waals surface area contributed by atoms with Gasteiger partial charge in [0.1, 0.15) is 17.9 Å². The van der Waals surface area contributed by atoms with Crippen molar-refractivity contribution in [3.8, 4) is 0 Å². The lowest BCUT2D eigenvalue weighted by atomic mass is 9.92. The van der Waals surface area contributed by atoms with Crippen molar-refractivity contribution in [2.75, 3.05) is 11.9 Å². The molecule has 1 aliphatic rings. The summed E-state index contributed by atoms with van der Waals surface area (Å²) in [6.45, 7) is 1.18. The maximum Gasteiger partial charge on any atom is 0.325 e. The summed E-state index contributed by atoms with van der Waals surface area (Å²) in [6.07, 6.45) is 1.38. The highest BCUT2D eigenvalue weighted by atomic mass is 79.9. The second-order valence-electron chi connectivity index (χ2n) is 5.84. The number of hydrogen-bond acceptors (Lipinski definition) is 4. The van der Waals surface area contributed by atoms with Gasteiger partial charge in [-0.05, 0) is 25.1 Å². The molecule has 2 N–H and O–H groups in total. The molecule has 9 heteroatoms. The van der Waals surface area contributed by atoms with Gasteiger partial charge < -0.3 is 10.6 Å². The van der Waals surface area contributed by atoms with Gasteiger partial charge in [-0.25, -0.2) is 9.78 Å². The van der Waals surface area contributed by atoms with Crippen LogP contribution in [0.2, 0.25) is 5.02 Å². The Morgan fingerprint density at radius 1 is 1.31 bits per heavy atom. The van der Waals surface area contributed by atoms with Crippen LogP contribution in [0, 0.1) is 0 Å². The molecule has 7 nitrogen and oxygen atoms in total. The Kier molecular flexibility index (Phi) is 4.97. The summed E-state index contributed by atoms with van der Waals surface area (Å²) in [5.41, 5.74) is -0.642. The topological polar surface area (TPSA) is 91.4 Å². The Morgan fingerprint density at radius 3 is 2.69 bits per heavy atom. The number of hydrogen-bond donors (Lipinski definition) is 2. The van der Waals surface area contributed by atoms with Crippen LogP contribution in [0.1, 0.15) is 12.5 Å². The number of amides is 4. The van der Waals surface area contributed by atoms with E-state index in [0.29, 0.717) is 15.1 Å². The van der Waals surface area contributed by atoms with Gasteiger partial charge in [0.2, 0.25) is 5.91 Å². The summed E-state index contributed by atoms with van der Waals surface area (Å²) in [5, 5.41) is 5.61. The number of pyridine rings is 1. The van der Waals surface area contributed by atoms with Crippen LogP contribution in [0.5, 0.6) is 0 Å². The molecule has 0 radical (unpaired) electrons. The van der Waals surface area contributed by atoms with Crippen LogP contribution in [0.3, 0.4) is 0 Å². The number of carbonyl (C=O) groups excluding carboxylic acids is 3. The van der Waals surface area contributed by atoms with E-state index in [4.69, 9.17) is 11.6 Å². The standard InChI is InChI=1S/C17H14BrClN4O3/c1-17(11-4-2-3-5-12(11)18)15(25)23(16(26)22-17)9-14(24)21-13-7-6-10(19)8-20-13/h2-8H,9H2,1H3,(H,22,26)(H,20,21,24). The van der Waals surface area contributed by atoms with Gasteiger partial charge in [-0.3, -0.25) is 14.5 Å². The molecule has 3 rings (SSSR count). The summed E-state index contributed by atoms with van der Waals surface area (Å²) < 4.78 is 0.688. The van der Waals surface area contributed by atoms with Crippen LogP contribution in [0.15, 0.2) is 47.1 Å². The molecular weight excluding hydrogens is 424 g/mol. The molecule has 0 saturated carbocycles. The van der Waals surface area contributed by atoms with Crippen LogP contribution in [0.25, 0.3) is 0 Å². The maximum atomic E-state index is 12.8. The van der Waals surface area contributed by atoms with E-state index in [1.807, 2.05) is 6.07 Å². The molecule has 0 bridgehead atoms. The van der Waals surface area contributed by atoms with E-state index < -0.39 is 29.9 Å². The van der Waals surface area contributed by atoms with Crippen LogP contribution in [-0.2, 0) is 15.1 Å². The molecular formula is C17H14BrClN4O3. The molecule has 1 fully saturated rings. The summed E-state index contributed by atoms with van der Waals surface area (Å²) >= 11 is 9.13. The number of aromatic nitrogens is 1. The fraction of sp³-hybridized carbons (Fsp3) is 0.176. The molecule has 1 aromatic carbocycles. The van der Waals surface area contributed by atoms with Gasteiger partial charge in [0, 0.05) is 16.2 Å². The summed E-state index contributed by atoms with van der Waals surface area (Å²) in [4.78, 5) is 42.1. The van der Waals surface area contributed by atoms with Crippen molar-refractivity contribution < 1.29 is 14.4 Å². The number of anilines is 1. The predicted octanol–water partition coefficient (Wildman–Crippen LogP) is 2.90. The maximum absolute atomic E-state index is 12.8. The lowest BCUT2D eigenvalue weighted by molar-refractivity contribution is -0.133. The molecule has 134 valence electrons. The normalized spacial score (nSPS) is 19.4. The van der Waals surface area contributed by atoms with Gasteiger partial charge >= 0.3 is 6.03 Å². The Morgan fingerprint density at radius 2 is 2.04 bits per heavy atom. The van der Waals surface area contributed by atoms with Gasteiger partial charge in [0.15, 0.2) is 0 Å². The molecule has 1 unspecified atom stereocenters. The SMILES string of the molecule is CC1(c2ccccc2Br)NC(=O)N(CC(=O)Nc2ccc(Cl)cn2)C1=O. The molecule has 1 aromatic heterocycles. The Bertz CT molecular complexity index is 890. The van der Waals surface area contributed by atoms with Crippen LogP contribution < -0.4 is 10.6 Å². The fourth-order valence-corrected chi connectivity index (χ4v) is 3.46. The average Bonchev–Trinajstić information content (AvgIpc) is 2.81. The predicted molar refractivity (Wildman–Crippen MR) is 99.6 cm³/mol. The number of rotatable bonds is 4. The minimum Gasteiger partial charge on any atom is -0.319 e. The number of carbonyl (C=O) groups is 3. The van der Waals surface area contributed by atoms with E-state index in [1.165, 1.54) is 12.3 Å². The van der Waals surface area contributed by atoms with Crippen molar-refractivity contribution in [2.24, 2.45) is 0 Å². The number of urea groups is 1. The minimum absolute atomic E-state index is 0.278. The highest BCUT2D eigenvalue weighted by molar-refractivity contribution is 9.10. The number of imide groups is 1. The van der Waals surface area contributed by atoms with Crippen molar-refractivity contribution in [3.63, 3.8) is 0 Å². The van der Waals surface area contributed by atoms with Crippen LogP contribution in [0.4, 0.5) is 10.6 Å². The van der Waals surface area contributed by atoms with E-state index in [-0.39, 0.29) is 5.82 Å². The lowest BCUT2D eigenvalue weighted by Crippen LogP contribution is -2.42. The van der Waals surface area contributed by atoms with Crippen molar-refractivity contribution in [3.05, 3.63) is 57.7 Å². The molecule has 1 atom stereocenters. The third kappa shape index (κ3) is 3.42. The van der Waals surface area contributed by atoms with E-state index >= 15 is 0 Å². The lowest BCUT2D eigenvalue weighted by Gasteiger charge is -2.23. The second-order valence-corrected chi connectivity index (χ2v) is 7.13. The number of benzene rings is 1. The van der Waals surface area contributed by atoms with Gasteiger partial charge in [-0.2, -0.15) is 0 Å². The largest absolute Gasteiger partial charge is 0.325 e. The number of nitrogens with one attached hydrogen (secondary N) is 2. The third-order valence-corrected chi connectivity index (χ3v) is 4.90. The van der Waals surface area contributed by atoms with Crippen molar-refractivity contribution in [2.45, 2.75) is 12.5 Å². The zero-order chi connectivity index (χ0) is 18.9. The summed E-state index contributed by atoms with van der Waals surface area (Å²) in [7, 11) is 0. The van der Waals surface area contributed by atoms with Crippen molar-refractivity contribution >= 4 is 51.2 Å². The molecule has 26 heavy (non-hydrogen) atoms. The highest BCUT2D eigenvalue weighted by Gasteiger charge is 2.50. The monoisotopic (exact) mass is 436 g/mol. The molecule has 4 amide bonds. The summed E-state index contributed by atoms with van der Waals surface area (Å²) in [6, 6.07) is 9.56. The second kappa shape index (κ2) is 7.05. The highest BCUT2D eigenvalue weighted by Crippen LogP contribution is 2.33. The Balaban J connectivity index is 1.76. The van der Waals surface area contributed by atoms with Crippen LogP contribution in [-0.4, -0.2) is 34.3 Å². The quantitative estimate of drug-likeness (QED) is 0.720. The average molecular weight is 438 g/mol. The van der Waals surface area contributed by atoms with E-state index in [9.17, 15) is 14.4 Å². The van der Waals surface area contributed by atoms with E-state index in [1.54, 1.807) is 31.2 Å². The molecule has 1 aliphatic heterocycles. The molecule has 2 aromatic rings. The summed E-state index contributed by atoms with van der Waals surface area (Å²) in [5.74, 6) is -0.770. The molecule has 1 saturated heterocycles. The van der Waals surface area contributed by atoms with Gasteiger partial charge in [-0.1, -0.05) is 45.7 Å². The van der Waals surface area contributed by atoms with Crippen LogP contribution >= 0.6 is 27.5 Å². The number of nitrogens with zero attached hydrogens (tertiary/aromatic N) is 2. The van der Waals surface area contributed by atoms with Crippen molar-refractivity contribution in [1.29, 1.82) is 0 Å². The first-order chi connectivity index (χ1) is 12.3. The third-order valence-electron chi connectivity index (χ3n) is 3.98. The fourth-order valence-electron chi connectivity index (χ4n) is 2.67. The van der Waals surface area contributed by atoms with Gasteiger partial charge in [-0.15, -0.1) is 0 Å². The first kappa shape index (κ1) is 18.3. The molecule has 0 aliphatic carbocycles. The van der Waals surface area contributed by atoms with E-state index in [2.05, 4.69) is 31.5 Å².